The molecule has 6 nitrogen and oxygen atoms in total. The van der Waals surface area contributed by atoms with E-state index < -0.39 is 48.3 Å². The van der Waals surface area contributed by atoms with E-state index in [1.807, 2.05) is 0 Å². The minimum absolute atomic E-state index is 0.171. The highest BCUT2D eigenvalue weighted by molar-refractivity contribution is 5.94. The summed E-state index contributed by atoms with van der Waals surface area (Å²) in [5.41, 5.74) is 3.41. The van der Waals surface area contributed by atoms with Crippen molar-refractivity contribution in [2.75, 3.05) is 13.7 Å². The first kappa shape index (κ1) is 23.0. The summed E-state index contributed by atoms with van der Waals surface area (Å²) in [5.74, 6) is 4.05. The highest BCUT2D eigenvalue weighted by Gasteiger charge is 2.52. The molecule has 0 bridgehead atoms. The predicted octanol–water partition coefficient (Wildman–Crippen LogP) is 2.81. The van der Waals surface area contributed by atoms with Gasteiger partial charge in [0.15, 0.2) is 6.10 Å². The number of nitrogens with zero attached hydrogens (tertiary/aromatic N) is 2. The number of rotatable bonds is 3. The van der Waals surface area contributed by atoms with Crippen molar-refractivity contribution >= 4 is 11.9 Å². The molecule has 0 radical (unpaired) electrons. The molecule has 0 aliphatic carbocycles. The van der Waals surface area contributed by atoms with Crippen molar-refractivity contribution in [2.24, 2.45) is 10.7 Å². The van der Waals surface area contributed by atoms with Crippen molar-refractivity contribution in [2.45, 2.75) is 24.2 Å². The fraction of sp³-hybridized carbons (Fsp3) is 0.286. The fourth-order valence-electron chi connectivity index (χ4n) is 3.17. The maximum atomic E-state index is 14.6. The summed E-state index contributed by atoms with van der Waals surface area (Å²) in [7, 11) is 1.46. The molecule has 0 saturated heterocycles. The average molecular weight is 452 g/mol. The lowest BCUT2D eigenvalue weighted by Gasteiger charge is -2.36. The van der Waals surface area contributed by atoms with Gasteiger partial charge < -0.3 is 15.8 Å². The Labute approximate surface area is 179 Å². The van der Waals surface area contributed by atoms with Crippen molar-refractivity contribution in [3.8, 4) is 11.8 Å². The minimum Gasteiger partial charge on any atom is -0.452 e. The molecule has 1 aliphatic rings. The Morgan fingerprint density at radius 3 is 2.72 bits per heavy atom. The van der Waals surface area contributed by atoms with Crippen molar-refractivity contribution in [1.82, 2.24) is 10.3 Å². The van der Waals surface area contributed by atoms with Gasteiger partial charge in [0.05, 0.1) is 0 Å². The zero-order valence-corrected chi connectivity index (χ0v) is 16.6. The number of aliphatic imine (C=N–C) groups is 1. The number of benzene rings is 1. The number of hydrogen-bond acceptors (Lipinski definition) is 5. The summed E-state index contributed by atoms with van der Waals surface area (Å²) in [6.45, 7) is -1.44. The molecule has 2 aromatic rings. The third-order valence-corrected chi connectivity index (χ3v) is 4.75. The largest absolute Gasteiger partial charge is 0.452 e. The number of aromatic nitrogens is 1. The molecule has 3 rings (SSSR count). The van der Waals surface area contributed by atoms with Crippen LogP contribution in [0.25, 0.3) is 0 Å². The first-order chi connectivity index (χ1) is 15.1. The maximum Gasteiger partial charge on any atom is 0.425 e. The van der Waals surface area contributed by atoms with Crippen LogP contribution in [-0.4, -0.2) is 42.9 Å². The Hall–Kier alpha value is -3.68. The Morgan fingerprint density at radius 2 is 2.06 bits per heavy atom. The average Bonchev–Trinajstić information content (AvgIpc) is 2.77. The Kier molecular flexibility index (Phi) is 6.34. The number of nitrogens with one attached hydrogen (secondary N) is 1. The van der Waals surface area contributed by atoms with Crippen molar-refractivity contribution in [3.05, 3.63) is 64.7 Å². The minimum atomic E-state index is -4.85. The summed E-state index contributed by atoms with van der Waals surface area (Å²) in [4.78, 5) is 19.4. The lowest BCUT2D eigenvalue weighted by atomic mass is 9.84. The molecule has 11 heteroatoms. The molecule has 1 aromatic heterocycles. The van der Waals surface area contributed by atoms with Gasteiger partial charge in [0.1, 0.15) is 23.7 Å². The monoisotopic (exact) mass is 452 g/mol. The lowest BCUT2D eigenvalue weighted by molar-refractivity contribution is -0.209. The van der Waals surface area contributed by atoms with Crippen LogP contribution in [0.5, 0.6) is 0 Å². The van der Waals surface area contributed by atoms with Crippen molar-refractivity contribution < 1.29 is 31.5 Å². The number of nitrogens with two attached hydrogens (primary N) is 1. The second-order valence-electron chi connectivity index (χ2n) is 6.92. The number of carbonyl (C=O) groups excluding carboxylic acids is 1. The second-order valence-corrected chi connectivity index (χ2v) is 6.92. The van der Waals surface area contributed by atoms with Crippen LogP contribution >= 0.6 is 0 Å². The summed E-state index contributed by atoms with van der Waals surface area (Å²) in [5, 5.41) is 2.46. The smallest absolute Gasteiger partial charge is 0.425 e. The summed E-state index contributed by atoms with van der Waals surface area (Å²) < 4.78 is 72.7. The first-order valence-corrected chi connectivity index (χ1v) is 9.23. The van der Waals surface area contributed by atoms with Crippen LogP contribution in [0.1, 0.15) is 33.6 Å². The number of alkyl halides is 4. The second kappa shape index (κ2) is 8.82. The van der Waals surface area contributed by atoms with Crippen LogP contribution in [0.4, 0.5) is 22.0 Å². The van der Waals surface area contributed by atoms with E-state index in [4.69, 9.17) is 5.73 Å². The molecule has 2 atom stereocenters. The van der Waals surface area contributed by atoms with Gasteiger partial charge in [0.25, 0.3) is 11.9 Å². The number of halogens is 5. The van der Waals surface area contributed by atoms with E-state index in [1.54, 1.807) is 0 Å². The standard InChI is InChI=1S/C21H17F5N4O2/c1-28-18(31)13-6-7-29-14(9-13)4-2-12-3-5-16(23)15(8-12)20(11-22)10-17(21(24,25)26)32-19(27)30-20/h3,5-9,17H,10-11H2,1H3,(H2,27,30)(H,28,31). The van der Waals surface area contributed by atoms with Gasteiger partial charge in [0.2, 0.25) is 0 Å². The van der Waals surface area contributed by atoms with E-state index in [0.29, 0.717) is 5.56 Å². The van der Waals surface area contributed by atoms with Crippen LogP contribution in [-0.2, 0) is 10.3 Å². The summed E-state index contributed by atoms with van der Waals surface area (Å²) >= 11 is 0. The van der Waals surface area contributed by atoms with Crippen LogP contribution in [0.3, 0.4) is 0 Å². The normalized spacial score (nSPS) is 20.4. The molecule has 168 valence electrons. The van der Waals surface area contributed by atoms with Gasteiger partial charge in [-0.3, -0.25) is 4.79 Å². The molecular weight excluding hydrogens is 435 g/mol. The van der Waals surface area contributed by atoms with Gasteiger partial charge in [-0.15, -0.1) is 0 Å². The number of amides is 1. The van der Waals surface area contributed by atoms with Gasteiger partial charge in [-0.05, 0) is 36.3 Å². The van der Waals surface area contributed by atoms with Crippen molar-refractivity contribution in [1.29, 1.82) is 0 Å². The quantitative estimate of drug-likeness (QED) is 0.554. The zero-order valence-electron chi connectivity index (χ0n) is 16.6. The topological polar surface area (TPSA) is 89.6 Å². The molecule has 0 saturated carbocycles. The van der Waals surface area contributed by atoms with Crippen LogP contribution in [0, 0.1) is 17.7 Å². The van der Waals surface area contributed by atoms with E-state index in [9.17, 15) is 26.7 Å². The maximum absolute atomic E-state index is 14.6. The lowest BCUT2D eigenvalue weighted by Crippen LogP contribution is -2.48. The van der Waals surface area contributed by atoms with Gasteiger partial charge >= 0.3 is 6.18 Å². The van der Waals surface area contributed by atoms with Gasteiger partial charge in [0, 0.05) is 36.4 Å². The zero-order chi connectivity index (χ0) is 23.5. The van der Waals surface area contributed by atoms with Crippen LogP contribution < -0.4 is 11.1 Å². The van der Waals surface area contributed by atoms with Crippen LogP contribution in [0.2, 0.25) is 0 Å². The Balaban J connectivity index is 2.00. The molecule has 0 spiro atoms. The highest BCUT2D eigenvalue weighted by Crippen LogP contribution is 2.41. The number of pyridine rings is 1. The molecular formula is C21H17F5N4O2. The number of carbonyl (C=O) groups is 1. The van der Waals surface area contributed by atoms with E-state index >= 15 is 0 Å². The Morgan fingerprint density at radius 1 is 1.31 bits per heavy atom. The number of hydrogen-bond donors (Lipinski definition) is 2. The summed E-state index contributed by atoms with van der Waals surface area (Å²) in [6.07, 6.45) is -6.91. The first-order valence-electron chi connectivity index (χ1n) is 9.23. The van der Waals surface area contributed by atoms with Gasteiger partial charge in [-0.2, -0.15) is 13.2 Å². The third-order valence-electron chi connectivity index (χ3n) is 4.75. The Bertz CT molecular complexity index is 1120. The number of amidine groups is 1. The van der Waals surface area contributed by atoms with Gasteiger partial charge in [-0.25, -0.2) is 18.8 Å². The molecule has 0 fully saturated rings. The molecule has 1 amide bonds. The molecule has 1 aliphatic heterocycles. The summed E-state index contributed by atoms with van der Waals surface area (Å²) in [6, 6.07) is 5.36. The van der Waals surface area contributed by atoms with E-state index in [1.165, 1.54) is 31.4 Å². The molecule has 1 aromatic carbocycles. The van der Waals surface area contributed by atoms with E-state index in [0.717, 1.165) is 12.1 Å². The molecule has 2 unspecified atom stereocenters. The SMILES string of the molecule is CNC(=O)c1ccnc(C#Cc2ccc(F)c(C3(CF)CC(C(F)(F)F)OC(N)=N3)c2)c1. The molecule has 32 heavy (non-hydrogen) atoms. The predicted molar refractivity (Wildman–Crippen MR) is 105 cm³/mol. The third kappa shape index (κ3) is 4.80. The highest BCUT2D eigenvalue weighted by atomic mass is 19.4. The number of ether oxygens (including phenoxy) is 1. The van der Waals surface area contributed by atoms with Crippen LogP contribution in [0.15, 0.2) is 41.5 Å². The fourth-order valence-corrected chi connectivity index (χ4v) is 3.17. The van der Waals surface area contributed by atoms with E-state index in [-0.39, 0.29) is 17.2 Å². The van der Waals surface area contributed by atoms with Crippen molar-refractivity contribution in [3.63, 3.8) is 0 Å². The molecule has 2 heterocycles. The van der Waals surface area contributed by atoms with Gasteiger partial charge in [-0.1, -0.05) is 5.92 Å². The molecule has 3 N–H and O–H groups in total. The van der Waals surface area contributed by atoms with E-state index in [2.05, 4.69) is 31.9 Å².